The molecule has 0 radical (unpaired) electrons. The average molecular weight is 235 g/mol. The summed E-state index contributed by atoms with van der Waals surface area (Å²) in [7, 11) is 0. The highest BCUT2D eigenvalue weighted by molar-refractivity contribution is 5.81. The molecule has 90 valence electrons. The first-order valence-corrected chi connectivity index (χ1v) is 5.30. The van der Waals surface area contributed by atoms with Crippen LogP contribution in [0.1, 0.15) is 11.5 Å². The number of carboxylic acids is 2. The molecule has 0 spiro atoms. The fourth-order valence-electron chi connectivity index (χ4n) is 2.37. The zero-order valence-corrected chi connectivity index (χ0v) is 8.98. The molecule has 1 saturated carbocycles. The van der Waals surface area contributed by atoms with Gasteiger partial charge in [-0.05, 0) is 5.56 Å². The maximum absolute atomic E-state index is 11.0. The summed E-state index contributed by atoms with van der Waals surface area (Å²) in [5.74, 6) is -3.64. The summed E-state index contributed by atoms with van der Waals surface area (Å²) in [4.78, 5) is 21.8. The normalized spacial score (nSPS) is 28.4. The summed E-state index contributed by atoms with van der Waals surface area (Å²) in [6.45, 7) is 0. The lowest BCUT2D eigenvalue weighted by Gasteiger charge is -2.04. The monoisotopic (exact) mass is 235 g/mol. The number of carboxylic acid groups (broad SMARTS) is 2. The van der Waals surface area contributed by atoms with E-state index in [4.69, 9.17) is 15.9 Å². The van der Waals surface area contributed by atoms with E-state index in [1.807, 2.05) is 6.07 Å². The molecule has 4 N–H and O–H groups in total. The van der Waals surface area contributed by atoms with E-state index >= 15 is 0 Å². The van der Waals surface area contributed by atoms with Gasteiger partial charge in [-0.15, -0.1) is 0 Å². The predicted octanol–water partition coefficient (Wildman–Crippen LogP) is 0.513. The van der Waals surface area contributed by atoms with Crippen molar-refractivity contribution in [1.82, 2.24) is 0 Å². The van der Waals surface area contributed by atoms with Crippen molar-refractivity contribution >= 4 is 11.9 Å². The lowest BCUT2D eigenvalue weighted by molar-refractivity contribution is -0.140. The first-order chi connectivity index (χ1) is 8.04. The number of rotatable bonds is 4. The lowest BCUT2D eigenvalue weighted by Crippen LogP contribution is -2.33. The first-order valence-electron chi connectivity index (χ1n) is 5.30. The summed E-state index contributed by atoms with van der Waals surface area (Å²) in [6.07, 6.45) is 0. The van der Waals surface area contributed by atoms with Crippen LogP contribution in [-0.2, 0) is 9.59 Å². The number of carbonyl (C=O) groups is 2. The maximum atomic E-state index is 11.0. The van der Waals surface area contributed by atoms with Crippen LogP contribution >= 0.6 is 0 Å². The minimum absolute atomic E-state index is 0.292. The highest BCUT2D eigenvalue weighted by atomic mass is 16.4. The number of aliphatic carboxylic acids is 2. The van der Waals surface area contributed by atoms with Gasteiger partial charge in [0.05, 0.1) is 5.92 Å². The molecule has 0 aliphatic heterocycles. The van der Waals surface area contributed by atoms with Gasteiger partial charge in [0.15, 0.2) is 0 Å². The van der Waals surface area contributed by atoms with Gasteiger partial charge in [0.25, 0.3) is 0 Å². The Kier molecular flexibility index (Phi) is 2.85. The second-order valence-electron chi connectivity index (χ2n) is 4.24. The molecule has 4 atom stereocenters. The fraction of sp³-hybridized carbons (Fsp3) is 0.333. The molecule has 0 amide bonds. The van der Waals surface area contributed by atoms with Crippen LogP contribution in [0.15, 0.2) is 30.3 Å². The molecular weight excluding hydrogens is 222 g/mol. The van der Waals surface area contributed by atoms with Gasteiger partial charge in [-0.2, -0.15) is 0 Å². The van der Waals surface area contributed by atoms with Crippen molar-refractivity contribution < 1.29 is 19.8 Å². The predicted molar refractivity (Wildman–Crippen MR) is 59.4 cm³/mol. The molecule has 0 heterocycles. The summed E-state index contributed by atoms with van der Waals surface area (Å²) in [5.41, 5.74) is 6.35. The molecule has 1 aromatic rings. The van der Waals surface area contributed by atoms with E-state index in [0.29, 0.717) is 0 Å². The molecule has 0 bridgehead atoms. The van der Waals surface area contributed by atoms with Gasteiger partial charge in [-0.1, -0.05) is 30.3 Å². The molecule has 1 fully saturated rings. The van der Waals surface area contributed by atoms with E-state index in [0.717, 1.165) is 5.56 Å². The Bertz CT molecular complexity index is 445. The van der Waals surface area contributed by atoms with Crippen LogP contribution in [0, 0.1) is 11.8 Å². The average Bonchev–Trinajstić information content (AvgIpc) is 3.04. The molecule has 1 aliphatic rings. The van der Waals surface area contributed by atoms with Crippen LogP contribution in [-0.4, -0.2) is 28.2 Å². The van der Waals surface area contributed by atoms with Gasteiger partial charge in [0.2, 0.25) is 0 Å². The third-order valence-electron chi connectivity index (χ3n) is 3.24. The van der Waals surface area contributed by atoms with E-state index in [-0.39, 0.29) is 5.92 Å². The summed E-state index contributed by atoms with van der Waals surface area (Å²) in [6, 6.07) is 7.91. The lowest BCUT2D eigenvalue weighted by atomic mass is 10.1. The Balaban J connectivity index is 2.23. The van der Waals surface area contributed by atoms with Crippen molar-refractivity contribution in [3.05, 3.63) is 35.9 Å². The third kappa shape index (κ3) is 2.01. The van der Waals surface area contributed by atoms with Gasteiger partial charge >= 0.3 is 11.9 Å². The van der Waals surface area contributed by atoms with Crippen molar-refractivity contribution in [1.29, 1.82) is 0 Å². The summed E-state index contributed by atoms with van der Waals surface area (Å²) >= 11 is 0. The van der Waals surface area contributed by atoms with Crippen LogP contribution in [0.25, 0.3) is 0 Å². The van der Waals surface area contributed by atoms with Gasteiger partial charge in [-0.25, -0.2) is 0 Å². The van der Waals surface area contributed by atoms with Crippen LogP contribution in [0.2, 0.25) is 0 Å². The molecule has 5 heteroatoms. The molecule has 17 heavy (non-hydrogen) atoms. The fourth-order valence-corrected chi connectivity index (χ4v) is 2.37. The van der Waals surface area contributed by atoms with Crippen LogP contribution < -0.4 is 5.73 Å². The molecule has 1 aliphatic carbocycles. The highest BCUT2D eigenvalue weighted by Crippen LogP contribution is 2.55. The second-order valence-corrected chi connectivity index (χ2v) is 4.24. The summed E-state index contributed by atoms with van der Waals surface area (Å²) < 4.78 is 0. The van der Waals surface area contributed by atoms with E-state index in [2.05, 4.69) is 0 Å². The zero-order valence-electron chi connectivity index (χ0n) is 8.98. The highest BCUT2D eigenvalue weighted by Gasteiger charge is 2.59. The topological polar surface area (TPSA) is 101 Å². The Morgan fingerprint density at radius 2 is 1.76 bits per heavy atom. The number of benzene rings is 1. The molecule has 0 unspecified atom stereocenters. The van der Waals surface area contributed by atoms with E-state index in [1.165, 1.54) is 0 Å². The maximum Gasteiger partial charge on any atom is 0.320 e. The Hall–Kier alpha value is -1.88. The van der Waals surface area contributed by atoms with Gasteiger partial charge < -0.3 is 15.9 Å². The van der Waals surface area contributed by atoms with Crippen molar-refractivity contribution in [3.63, 3.8) is 0 Å². The molecule has 2 rings (SSSR count). The van der Waals surface area contributed by atoms with E-state index in [9.17, 15) is 9.59 Å². The SMILES string of the molecule is N[C@@H](C(=O)O)[C@@H]1[C@@H](C(=O)O)[C@@H]1c1ccccc1. The summed E-state index contributed by atoms with van der Waals surface area (Å²) in [5, 5.41) is 17.9. The van der Waals surface area contributed by atoms with Crippen molar-refractivity contribution in [2.45, 2.75) is 12.0 Å². The van der Waals surface area contributed by atoms with E-state index in [1.54, 1.807) is 24.3 Å². The van der Waals surface area contributed by atoms with Crippen LogP contribution in [0.5, 0.6) is 0 Å². The van der Waals surface area contributed by atoms with Crippen LogP contribution in [0.4, 0.5) is 0 Å². The Morgan fingerprint density at radius 3 is 2.24 bits per heavy atom. The van der Waals surface area contributed by atoms with E-state index < -0.39 is 29.8 Å². The Morgan fingerprint density at radius 1 is 1.18 bits per heavy atom. The molecule has 5 nitrogen and oxygen atoms in total. The minimum Gasteiger partial charge on any atom is -0.481 e. The second kappa shape index (κ2) is 4.18. The molecule has 0 aromatic heterocycles. The van der Waals surface area contributed by atoms with Crippen molar-refractivity contribution in [3.8, 4) is 0 Å². The van der Waals surface area contributed by atoms with Crippen molar-refractivity contribution in [2.24, 2.45) is 17.6 Å². The quantitative estimate of drug-likeness (QED) is 0.706. The molecule has 1 aromatic carbocycles. The first kappa shape index (κ1) is 11.6. The van der Waals surface area contributed by atoms with Crippen molar-refractivity contribution in [2.75, 3.05) is 0 Å². The largest absolute Gasteiger partial charge is 0.481 e. The smallest absolute Gasteiger partial charge is 0.320 e. The van der Waals surface area contributed by atoms with Gasteiger partial charge in [-0.3, -0.25) is 9.59 Å². The zero-order chi connectivity index (χ0) is 12.6. The molecule has 0 saturated heterocycles. The number of nitrogens with two attached hydrogens (primary N) is 1. The number of hydrogen-bond acceptors (Lipinski definition) is 3. The van der Waals surface area contributed by atoms with Crippen LogP contribution in [0.3, 0.4) is 0 Å². The van der Waals surface area contributed by atoms with Gasteiger partial charge in [0, 0.05) is 11.8 Å². The Labute approximate surface area is 97.9 Å². The number of hydrogen-bond donors (Lipinski definition) is 3. The minimum atomic E-state index is -1.15. The standard InChI is InChI=1S/C12H13NO4/c13-10(12(16)17)8-7(9(8)11(14)15)6-4-2-1-3-5-6/h1-5,7-10H,13H2,(H,14,15)(H,16,17)/t7-,8+,9+,10-/m1/s1. The van der Waals surface area contributed by atoms with Gasteiger partial charge in [0.1, 0.15) is 6.04 Å². The molecular formula is C12H13NO4. The third-order valence-corrected chi connectivity index (χ3v) is 3.24.